The van der Waals surface area contributed by atoms with Crippen LogP contribution in [0.3, 0.4) is 0 Å². The van der Waals surface area contributed by atoms with Crippen LogP contribution in [0.4, 0.5) is 0 Å². The van der Waals surface area contributed by atoms with Gasteiger partial charge in [0.1, 0.15) is 5.60 Å². The second-order valence-corrected chi connectivity index (χ2v) is 6.37. The minimum Gasteiger partial charge on any atom is -0.419 e. The molecule has 1 atom stereocenters. The summed E-state index contributed by atoms with van der Waals surface area (Å²) in [6.07, 6.45) is -1.26. The predicted molar refractivity (Wildman–Crippen MR) is 81.8 cm³/mol. The maximum atomic E-state index is 11.7. The van der Waals surface area contributed by atoms with Crippen LogP contribution < -0.4 is 0 Å². The maximum Gasteiger partial charge on any atom is 0.336 e. The Hall–Kier alpha value is -1.66. The topological polar surface area (TPSA) is 93.1 Å². The van der Waals surface area contributed by atoms with Gasteiger partial charge in [-0.05, 0) is 47.5 Å². The summed E-state index contributed by atoms with van der Waals surface area (Å²) in [5.41, 5.74) is -2.48. The van der Waals surface area contributed by atoms with E-state index in [-0.39, 0.29) is 24.0 Å². The Morgan fingerprint density at radius 1 is 0.955 bits per heavy atom. The van der Waals surface area contributed by atoms with Gasteiger partial charge in [-0.15, -0.1) is 0 Å². The van der Waals surface area contributed by atoms with Crippen LogP contribution in [0.25, 0.3) is 0 Å². The van der Waals surface area contributed by atoms with E-state index in [0.717, 1.165) is 0 Å². The first kappa shape index (κ1) is 20.3. The molecule has 0 aliphatic carbocycles. The average Bonchev–Trinajstić information content (AvgIpc) is 2.34. The van der Waals surface area contributed by atoms with Crippen LogP contribution in [0.1, 0.15) is 47.5 Å². The highest BCUT2D eigenvalue weighted by Crippen LogP contribution is 2.26. The molecule has 0 rings (SSSR count). The van der Waals surface area contributed by atoms with Crippen molar-refractivity contribution >= 4 is 11.9 Å². The van der Waals surface area contributed by atoms with Crippen LogP contribution in [-0.2, 0) is 19.1 Å². The molecule has 0 heterocycles. The summed E-state index contributed by atoms with van der Waals surface area (Å²) in [5, 5.41) is 20.2. The van der Waals surface area contributed by atoms with E-state index in [9.17, 15) is 19.8 Å². The summed E-state index contributed by atoms with van der Waals surface area (Å²) in [6, 6.07) is 0. The van der Waals surface area contributed by atoms with Gasteiger partial charge in [0.05, 0.1) is 5.60 Å². The fraction of sp³-hybridized carbons (Fsp3) is 0.625. The molecular weight excluding hydrogens is 288 g/mol. The zero-order valence-corrected chi connectivity index (χ0v) is 13.9. The van der Waals surface area contributed by atoms with E-state index in [2.05, 4.69) is 13.2 Å². The van der Waals surface area contributed by atoms with Gasteiger partial charge in [-0.2, -0.15) is 0 Å². The van der Waals surface area contributed by atoms with E-state index < -0.39 is 29.4 Å². The van der Waals surface area contributed by atoms with E-state index in [0.29, 0.717) is 0 Å². The molecule has 6 nitrogen and oxygen atoms in total. The lowest BCUT2D eigenvalue weighted by Gasteiger charge is -2.33. The molecule has 0 aromatic carbocycles. The molecule has 0 aliphatic rings. The monoisotopic (exact) mass is 314 g/mol. The Kier molecular flexibility index (Phi) is 6.99. The highest BCUT2D eigenvalue weighted by atomic mass is 16.7. The molecule has 0 amide bonds. The molecule has 0 fully saturated rings. The Morgan fingerprint density at radius 2 is 1.32 bits per heavy atom. The maximum absolute atomic E-state index is 11.7. The molecule has 0 aromatic heterocycles. The van der Waals surface area contributed by atoms with Gasteiger partial charge in [0.2, 0.25) is 0 Å². The number of carbonyl (C=O) groups is 2. The van der Waals surface area contributed by atoms with Gasteiger partial charge in [0.25, 0.3) is 6.29 Å². The number of aliphatic hydroxyl groups is 2. The molecular formula is C16H26O6. The van der Waals surface area contributed by atoms with E-state index >= 15 is 0 Å². The summed E-state index contributed by atoms with van der Waals surface area (Å²) < 4.78 is 10.0. The van der Waals surface area contributed by atoms with Crippen LogP contribution in [-0.4, -0.2) is 39.6 Å². The summed E-state index contributed by atoms with van der Waals surface area (Å²) >= 11 is 0. The fourth-order valence-corrected chi connectivity index (χ4v) is 1.35. The lowest BCUT2D eigenvalue weighted by atomic mass is 9.92. The Bertz CT molecular complexity index is 428. The minimum absolute atomic E-state index is 0.0497. The second kappa shape index (κ2) is 7.56. The fourth-order valence-electron chi connectivity index (χ4n) is 1.35. The first-order valence-electron chi connectivity index (χ1n) is 6.94. The number of hydrogen-bond donors (Lipinski definition) is 2. The first-order chi connectivity index (χ1) is 9.76. The van der Waals surface area contributed by atoms with Crippen LogP contribution in [0.15, 0.2) is 24.3 Å². The third-order valence-electron chi connectivity index (χ3n) is 2.88. The molecule has 0 saturated carbocycles. The van der Waals surface area contributed by atoms with Crippen molar-refractivity contribution in [1.82, 2.24) is 0 Å². The van der Waals surface area contributed by atoms with Gasteiger partial charge in [-0.25, -0.2) is 9.59 Å². The van der Waals surface area contributed by atoms with Crippen molar-refractivity contribution < 1.29 is 29.3 Å². The minimum atomic E-state index is -1.67. The van der Waals surface area contributed by atoms with Gasteiger partial charge in [-0.1, -0.05) is 13.2 Å². The Labute approximate surface area is 131 Å². The predicted octanol–water partition coefficient (Wildman–Crippen LogP) is 1.85. The van der Waals surface area contributed by atoms with Gasteiger partial charge in [0.15, 0.2) is 0 Å². The zero-order valence-electron chi connectivity index (χ0n) is 13.9. The highest BCUT2D eigenvalue weighted by molar-refractivity contribution is 5.88. The van der Waals surface area contributed by atoms with Crippen LogP contribution in [0, 0.1) is 0 Å². The van der Waals surface area contributed by atoms with Crippen molar-refractivity contribution in [3.05, 3.63) is 24.3 Å². The zero-order chi connectivity index (χ0) is 17.7. The van der Waals surface area contributed by atoms with Crippen molar-refractivity contribution in [2.45, 2.75) is 65.0 Å². The summed E-state index contributed by atoms with van der Waals surface area (Å²) in [7, 11) is 0. The molecule has 0 aliphatic heterocycles. The molecule has 0 radical (unpaired) electrons. The molecule has 22 heavy (non-hydrogen) atoms. The summed E-state index contributed by atoms with van der Waals surface area (Å²) in [5.74, 6) is -1.58. The van der Waals surface area contributed by atoms with Gasteiger partial charge in [0, 0.05) is 11.1 Å². The van der Waals surface area contributed by atoms with Crippen molar-refractivity contribution in [3.8, 4) is 0 Å². The van der Waals surface area contributed by atoms with Crippen molar-refractivity contribution in [1.29, 1.82) is 0 Å². The van der Waals surface area contributed by atoms with E-state index in [1.54, 1.807) is 13.8 Å². The smallest absolute Gasteiger partial charge is 0.336 e. The molecule has 2 N–H and O–H groups in total. The average molecular weight is 314 g/mol. The number of hydrogen-bond acceptors (Lipinski definition) is 6. The Balaban J connectivity index is 5.17. The summed E-state index contributed by atoms with van der Waals surface area (Å²) in [4.78, 5) is 23.3. The number of carbonyl (C=O) groups excluding carboxylic acids is 2. The number of rotatable bonds is 8. The summed E-state index contributed by atoms with van der Waals surface area (Å²) in [6.45, 7) is 14.3. The third kappa shape index (κ3) is 7.38. The molecule has 0 bridgehead atoms. The third-order valence-corrected chi connectivity index (χ3v) is 2.88. The molecule has 0 aromatic rings. The van der Waals surface area contributed by atoms with Gasteiger partial charge in [-0.3, -0.25) is 0 Å². The largest absolute Gasteiger partial charge is 0.419 e. The SMILES string of the molecule is C=C(C)C(=O)OC(OC(=O)C(=C)C)C(C)(O)CCC(C)(C)O. The Morgan fingerprint density at radius 3 is 1.59 bits per heavy atom. The first-order valence-corrected chi connectivity index (χ1v) is 6.94. The second-order valence-electron chi connectivity index (χ2n) is 6.37. The van der Waals surface area contributed by atoms with Crippen LogP contribution in [0.2, 0.25) is 0 Å². The van der Waals surface area contributed by atoms with Crippen molar-refractivity contribution in [2.75, 3.05) is 0 Å². The molecule has 0 spiro atoms. The van der Waals surface area contributed by atoms with Crippen LogP contribution >= 0.6 is 0 Å². The quantitative estimate of drug-likeness (QED) is 0.403. The van der Waals surface area contributed by atoms with E-state index in [1.165, 1.54) is 20.8 Å². The number of ether oxygens (including phenoxy) is 2. The normalized spacial score (nSPS) is 14.2. The van der Waals surface area contributed by atoms with Gasteiger partial charge < -0.3 is 19.7 Å². The molecule has 1 unspecified atom stereocenters. The molecule has 0 saturated heterocycles. The van der Waals surface area contributed by atoms with Crippen molar-refractivity contribution in [2.24, 2.45) is 0 Å². The standard InChI is InChI=1S/C16H26O6/c1-10(2)12(17)21-14(22-13(18)11(3)4)16(7,20)9-8-15(5,6)19/h14,19-20H,1,3,8-9H2,2,4-7H3. The van der Waals surface area contributed by atoms with Crippen molar-refractivity contribution in [3.63, 3.8) is 0 Å². The van der Waals surface area contributed by atoms with E-state index in [4.69, 9.17) is 9.47 Å². The highest BCUT2D eigenvalue weighted by Gasteiger charge is 2.39. The van der Waals surface area contributed by atoms with Gasteiger partial charge >= 0.3 is 11.9 Å². The molecule has 126 valence electrons. The number of esters is 2. The van der Waals surface area contributed by atoms with E-state index in [1.807, 2.05) is 0 Å². The lowest BCUT2D eigenvalue weighted by molar-refractivity contribution is -0.226. The van der Waals surface area contributed by atoms with Crippen LogP contribution in [0.5, 0.6) is 0 Å². The molecule has 6 heteroatoms. The lowest BCUT2D eigenvalue weighted by Crippen LogP contribution is -2.46.